The van der Waals surface area contributed by atoms with E-state index >= 15 is 0 Å². The van der Waals surface area contributed by atoms with Crippen LogP contribution in [0.15, 0.2) is 24.3 Å². The second-order valence-corrected chi connectivity index (χ2v) is 3.38. The van der Waals surface area contributed by atoms with E-state index in [1.165, 1.54) is 12.1 Å². The average Bonchev–Trinajstić information content (AvgIpc) is 2.18. The van der Waals surface area contributed by atoms with Crippen molar-refractivity contribution < 1.29 is 13.6 Å². The molecule has 0 bridgehead atoms. The Morgan fingerprint density at radius 2 is 1.93 bits per heavy atom. The summed E-state index contributed by atoms with van der Waals surface area (Å²) in [4.78, 5) is 11.1. The molecule has 0 radical (unpaired) electrons. The van der Waals surface area contributed by atoms with E-state index in [1.54, 1.807) is 6.92 Å². The molecule has 0 atom stereocenters. The summed E-state index contributed by atoms with van der Waals surface area (Å²) in [5.74, 6) is -4.81. The number of alkyl halides is 2. The number of hydrogen-bond donors (Lipinski definition) is 1. The van der Waals surface area contributed by atoms with Gasteiger partial charge in [0.05, 0.1) is 0 Å². The summed E-state index contributed by atoms with van der Waals surface area (Å²) < 4.78 is 26.8. The van der Waals surface area contributed by atoms with E-state index in [1.807, 2.05) is 0 Å². The zero-order chi connectivity index (χ0) is 11.5. The van der Waals surface area contributed by atoms with Crippen LogP contribution in [0.2, 0.25) is 5.02 Å². The van der Waals surface area contributed by atoms with E-state index in [4.69, 9.17) is 11.6 Å². The molecule has 0 spiro atoms. The smallest absolute Gasteiger partial charge is 0.349 e. The molecular weight excluding hydrogens is 224 g/mol. The predicted molar refractivity (Wildman–Crippen MR) is 54.0 cm³/mol. The lowest BCUT2D eigenvalue weighted by molar-refractivity contribution is -0.146. The van der Waals surface area contributed by atoms with Crippen LogP contribution in [-0.4, -0.2) is 12.5 Å². The summed E-state index contributed by atoms with van der Waals surface area (Å²) in [6.07, 6.45) is 0. The van der Waals surface area contributed by atoms with Gasteiger partial charge in [0.2, 0.25) is 0 Å². The fourth-order valence-corrected chi connectivity index (χ4v) is 1.19. The molecule has 0 aliphatic heterocycles. The molecule has 0 saturated heterocycles. The van der Waals surface area contributed by atoms with Gasteiger partial charge in [0.1, 0.15) is 0 Å². The van der Waals surface area contributed by atoms with Crippen LogP contribution in [0.4, 0.5) is 8.78 Å². The van der Waals surface area contributed by atoms with Gasteiger partial charge in [-0.25, -0.2) is 0 Å². The molecule has 1 amide bonds. The lowest BCUT2D eigenvalue weighted by atomic mass is 10.1. The first kappa shape index (κ1) is 11.9. The van der Waals surface area contributed by atoms with Gasteiger partial charge in [0.25, 0.3) is 5.91 Å². The highest BCUT2D eigenvalue weighted by molar-refractivity contribution is 6.30. The Balaban J connectivity index is 2.94. The van der Waals surface area contributed by atoms with Crippen molar-refractivity contribution >= 4 is 17.5 Å². The highest BCUT2D eigenvalue weighted by atomic mass is 35.5. The summed E-state index contributed by atoms with van der Waals surface area (Å²) in [6, 6.07) is 4.92. The molecule has 1 N–H and O–H groups in total. The number of amides is 1. The molecular formula is C10H10ClF2NO. The third-order valence-corrected chi connectivity index (χ3v) is 2.08. The monoisotopic (exact) mass is 233 g/mol. The van der Waals surface area contributed by atoms with Crippen molar-refractivity contribution in [2.45, 2.75) is 12.8 Å². The van der Waals surface area contributed by atoms with E-state index in [0.717, 1.165) is 12.1 Å². The second-order valence-electron chi connectivity index (χ2n) is 2.94. The van der Waals surface area contributed by atoms with Crippen molar-refractivity contribution in [1.82, 2.24) is 5.32 Å². The maximum absolute atomic E-state index is 13.4. The number of likely N-dealkylation sites (N-methyl/N-ethyl adjacent to an activating group) is 1. The van der Waals surface area contributed by atoms with Crippen molar-refractivity contribution in [3.63, 3.8) is 0 Å². The Labute approximate surface area is 91.2 Å². The minimum atomic E-state index is -3.51. The number of nitrogens with one attached hydrogen (secondary N) is 1. The first-order valence-corrected chi connectivity index (χ1v) is 4.78. The quantitative estimate of drug-likeness (QED) is 0.854. The Morgan fingerprint density at radius 3 is 2.40 bits per heavy atom. The summed E-state index contributed by atoms with van der Waals surface area (Å²) in [5, 5.41) is 2.43. The van der Waals surface area contributed by atoms with Crippen molar-refractivity contribution in [3.8, 4) is 0 Å². The molecule has 0 aliphatic carbocycles. The number of benzene rings is 1. The van der Waals surface area contributed by atoms with Crippen LogP contribution in [-0.2, 0) is 10.7 Å². The molecule has 2 nitrogen and oxygen atoms in total. The van der Waals surface area contributed by atoms with Gasteiger partial charge in [0, 0.05) is 17.1 Å². The van der Waals surface area contributed by atoms with Crippen LogP contribution in [0, 0.1) is 0 Å². The molecule has 15 heavy (non-hydrogen) atoms. The maximum atomic E-state index is 13.4. The fraction of sp³-hybridized carbons (Fsp3) is 0.300. The average molecular weight is 234 g/mol. The zero-order valence-electron chi connectivity index (χ0n) is 8.06. The van der Waals surface area contributed by atoms with Gasteiger partial charge in [-0.3, -0.25) is 4.79 Å². The molecule has 0 fully saturated rings. The van der Waals surface area contributed by atoms with Crippen LogP contribution >= 0.6 is 11.6 Å². The Morgan fingerprint density at radius 1 is 1.40 bits per heavy atom. The second kappa shape index (κ2) is 4.57. The first-order valence-electron chi connectivity index (χ1n) is 4.40. The molecule has 0 saturated carbocycles. The first-order chi connectivity index (χ1) is 6.98. The zero-order valence-corrected chi connectivity index (χ0v) is 8.81. The van der Waals surface area contributed by atoms with E-state index in [9.17, 15) is 13.6 Å². The molecule has 0 heterocycles. The van der Waals surface area contributed by atoms with E-state index < -0.39 is 11.8 Å². The highest BCUT2D eigenvalue weighted by Crippen LogP contribution is 2.28. The van der Waals surface area contributed by atoms with Gasteiger partial charge >= 0.3 is 5.92 Å². The summed E-state index contributed by atoms with van der Waals surface area (Å²) in [6.45, 7) is 1.75. The van der Waals surface area contributed by atoms with Gasteiger partial charge in [-0.1, -0.05) is 23.7 Å². The Kier molecular flexibility index (Phi) is 3.63. The summed E-state index contributed by atoms with van der Waals surface area (Å²) >= 11 is 5.56. The van der Waals surface area contributed by atoms with Crippen LogP contribution in [0.25, 0.3) is 0 Å². The van der Waals surface area contributed by atoms with Crippen LogP contribution in [0.1, 0.15) is 12.5 Å². The van der Waals surface area contributed by atoms with Crippen LogP contribution < -0.4 is 5.32 Å². The van der Waals surface area contributed by atoms with Gasteiger partial charge in [-0.15, -0.1) is 0 Å². The fourth-order valence-electron chi connectivity index (χ4n) is 1.06. The van der Waals surface area contributed by atoms with Gasteiger partial charge in [0.15, 0.2) is 0 Å². The largest absolute Gasteiger partial charge is 0.351 e. The number of carbonyl (C=O) groups is 1. The molecule has 0 aliphatic rings. The molecule has 1 aromatic carbocycles. The third kappa shape index (κ3) is 2.65. The topological polar surface area (TPSA) is 29.1 Å². The van der Waals surface area contributed by atoms with Gasteiger partial charge in [-0.2, -0.15) is 8.78 Å². The predicted octanol–water partition coefficient (Wildman–Crippen LogP) is 2.57. The lowest BCUT2D eigenvalue weighted by Crippen LogP contribution is -2.37. The molecule has 0 aromatic heterocycles. The number of carbonyl (C=O) groups excluding carboxylic acids is 1. The normalized spacial score (nSPS) is 11.2. The molecule has 82 valence electrons. The van der Waals surface area contributed by atoms with Crippen LogP contribution in [0.5, 0.6) is 0 Å². The van der Waals surface area contributed by atoms with E-state index in [0.29, 0.717) is 5.02 Å². The SMILES string of the molecule is CCNC(=O)C(F)(F)c1ccc(Cl)cc1. The standard InChI is InChI=1S/C10H10ClF2NO/c1-2-14-9(15)10(12,13)7-3-5-8(11)6-4-7/h3-6H,2H2,1H3,(H,14,15). The van der Waals surface area contributed by atoms with Crippen molar-refractivity contribution in [2.24, 2.45) is 0 Å². The van der Waals surface area contributed by atoms with Crippen molar-refractivity contribution in [1.29, 1.82) is 0 Å². The molecule has 1 rings (SSSR count). The summed E-state index contributed by atoms with van der Waals surface area (Å²) in [5.41, 5.74) is -0.363. The van der Waals surface area contributed by atoms with Crippen LogP contribution in [0.3, 0.4) is 0 Å². The maximum Gasteiger partial charge on any atom is 0.349 e. The van der Waals surface area contributed by atoms with Gasteiger partial charge < -0.3 is 5.32 Å². The Hall–Kier alpha value is -1.16. The van der Waals surface area contributed by atoms with Gasteiger partial charge in [-0.05, 0) is 19.1 Å². The number of halogens is 3. The number of hydrogen-bond acceptors (Lipinski definition) is 1. The van der Waals surface area contributed by atoms with Crippen molar-refractivity contribution in [3.05, 3.63) is 34.9 Å². The molecule has 5 heteroatoms. The Bertz CT molecular complexity index is 351. The molecule has 0 unspecified atom stereocenters. The molecule has 1 aromatic rings. The minimum Gasteiger partial charge on any atom is -0.351 e. The highest BCUT2D eigenvalue weighted by Gasteiger charge is 2.40. The number of rotatable bonds is 3. The van der Waals surface area contributed by atoms with E-state index in [2.05, 4.69) is 5.32 Å². The minimum absolute atomic E-state index is 0.169. The van der Waals surface area contributed by atoms with E-state index in [-0.39, 0.29) is 12.1 Å². The summed E-state index contributed by atoms with van der Waals surface area (Å²) in [7, 11) is 0. The lowest BCUT2D eigenvalue weighted by Gasteiger charge is -2.15. The third-order valence-electron chi connectivity index (χ3n) is 1.83. The van der Waals surface area contributed by atoms with Crippen molar-refractivity contribution in [2.75, 3.05) is 6.54 Å².